The topological polar surface area (TPSA) is 49.3 Å². The van der Waals surface area contributed by atoms with Crippen LogP contribution in [0.25, 0.3) is 0 Å². The van der Waals surface area contributed by atoms with E-state index in [1.165, 1.54) is 6.07 Å². The zero-order valence-corrected chi connectivity index (χ0v) is 13.6. The molecule has 2 rings (SSSR count). The van der Waals surface area contributed by atoms with E-state index in [9.17, 15) is 9.90 Å². The molecule has 0 aliphatic carbocycles. The summed E-state index contributed by atoms with van der Waals surface area (Å²) in [6, 6.07) is 12.0. The Morgan fingerprint density at radius 1 is 1.30 bits per heavy atom. The number of aromatic hydroxyl groups is 1. The van der Waals surface area contributed by atoms with Crippen LogP contribution in [0.1, 0.15) is 28.9 Å². The van der Waals surface area contributed by atoms with E-state index in [4.69, 9.17) is 11.6 Å². The molecule has 0 fully saturated rings. The normalized spacial score (nSPS) is 11.9. The Bertz CT molecular complexity index is 646. The van der Waals surface area contributed by atoms with E-state index in [1.807, 2.05) is 25.1 Å². The van der Waals surface area contributed by atoms with Crippen LogP contribution in [-0.2, 0) is 0 Å². The van der Waals surface area contributed by atoms with E-state index < -0.39 is 0 Å². The van der Waals surface area contributed by atoms with Crippen LogP contribution in [0.3, 0.4) is 0 Å². The van der Waals surface area contributed by atoms with Crippen molar-refractivity contribution in [2.45, 2.75) is 13.0 Å². The number of rotatable bonds is 3. The molecule has 104 valence electrons. The second-order valence-electron chi connectivity index (χ2n) is 4.38. The van der Waals surface area contributed by atoms with Crippen molar-refractivity contribution in [1.82, 2.24) is 5.32 Å². The van der Waals surface area contributed by atoms with E-state index in [-0.39, 0.29) is 23.3 Å². The standard InChI is InChI=1S/C15H13ClINO2/c1-9(11-4-2-3-5-13(11)16)18-15(20)12-8-10(17)6-7-14(12)19/h2-9,19H,1H3,(H,18,20). The van der Waals surface area contributed by atoms with E-state index in [0.717, 1.165) is 9.13 Å². The van der Waals surface area contributed by atoms with Crippen LogP contribution in [0.4, 0.5) is 0 Å². The molecule has 0 radical (unpaired) electrons. The van der Waals surface area contributed by atoms with E-state index >= 15 is 0 Å². The van der Waals surface area contributed by atoms with Crippen LogP contribution in [0.15, 0.2) is 42.5 Å². The zero-order chi connectivity index (χ0) is 14.7. The molecular weight excluding hydrogens is 389 g/mol. The van der Waals surface area contributed by atoms with Crippen molar-refractivity contribution in [2.24, 2.45) is 0 Å². The molecule has 1 atom stereocenters. The summed E-state index contributed by atoms with van der Waals surface area (Å²) in [5, 5.41) is 13.2. The van der Waals surface area contributed by atoms with Crippen LogP contribution in [0.5, 0.6) is 5.75 Å². The highest BCUT2D eigenvalue weighted by molar-refractivity contribution is 14.1. The van der Waals surface area contributed by atoms with Crippen molar-refractivity contribution in [2.75, 3.05) is 0 Å². The molecule has 0 spiro atoms. The lowest BCUT2D eigenvalue weighted by atomic mass is 10.1. The molecule has 1 unspecified atom stereocenters. The van der Waals surface area contributed by atoms with Crippen LogP contribution in [-0.4, -0.2) is 11.0 Å². The number of halogens is 2. The van der Waals surface area contributed by atoms with E-state index in [1.54, 1.807) is 18.2 Å². The summed E-state index contributed by atoms with van der Waals surface area (Å²) in [7, 11) is 0. The molecule has 0 heterocycles. The highest BCUT2D eigenvalue weighted by Gasteiger charge is 2.16. The highest BCUT2D eigenvalue weighted by atomic mass is 127. The van der Waals surface area contributed by atoms with Crippen LogP contribution < -0.4 is 5.32 Å². The third-order valence-electron chi connectivity index (χ3n) is 2.92. The van der Waals surface area contributed by atoms with Crippen molar-refractivity contribution >= 4 is 40.1 Å². The minimum atomic E-state index is -0.326. The quantitative estimate of drug-likeness (QED) is 0.760. The van der Waals surface area contributed by atoms with Gasteiger partial charge in [-0.2, -0.15) is 0 Å². The lowest BCUT2D eigenvalue weighted by Gasteiger charge is -2.16. The maximum atomic E-state index is 12.2. The van der Waals surface area contributed by atoms with Gasteiger partial charge in [-0.1, -0.05) is 29.8 Å². The molecule has 0 aliphatic heterocycles. The number of hydrogen-bond donors (Lipinski definition) is 2. The Morgan fingerprint density at radius 2 is 2.00 bits per heavy atom. The third kappa shape index (κ3) is 3.43. The van der Waals surface area contributed by atoms with Gasteiger partial charge in [-0.25, -0.2) is 0 Å². The van der Waals surface area contributed by atoms with E-state index in [2.05, 4.69) is 27.9 Å². The molecule has 1 amide bonds. The fraction of sp³-hybridized carbons (Fsp3) is 0.133. The molecule has 2 aromatic carbocycles. The average molecular weight is 402 g/mol. The Balaban J connectivity index is 2.20. The summed E-state index contributed by atoms with van der Waals surface area (Å²) in [5.74, 6) is -0.359. The van der Waals surface area contributed by atoms with E-state index in [0.29, 0.717) is 5.02 Å². The van der Waals surface area contributed by atoms with Crippen molar-refractivity contribution in [3.63, 3.8) is 0 Å². The number of benzene rings is 2. The van der Waals surface area contributed by atoms with Crippen LogP contribution in [0, 0.1) is 3.57 Å². The van der Waals surface area contributed by atoms with Crippen molar-refractivity contribution in [3.8, 4) is 5.75 Å². The van der Waals surface area contributed by atoms with Gasteiger partial charge in [-0.05, 0) is 59.3 Å². The fourth-order valence-electron chi connectivity index (χ4n) is 1.87. The molecule has 20 heavy (non-hydrogen) atoms. The van der Waals surface area contributed by atoms with Crippen LogP contribution >= 0.6 is 34.2 Å². The van der Waals surface area contributed by atoms with Gasteiger partial charge >= 0.3 is 0 Å². The molecule has 2 aromatic rings. The lowest BCUT2D eigenvalue weighted by Crippen LogP contribution is -2.27. The van der Waals surface area contributed by atoms with Gasteiger partial charge in [0.1, 0.15) is 5.75 Å². The van der Waals surface area contributed by atoms with Crippen LogP contribution in [0.2, 0.25) is 5.02 Å². The van der Waals surface area contributed by atoms with Gasteiger partial charge in [-0.15, -0.1) is 0 Å². The van der Waals surface area contributed by atoms with Gasteiger partial charge in [0.25, 0.3) is 5.91 Å². The van der Waals surface area contributed by atoms with Gasteiger partial charge in [0, 0.05) is 8.59 Å². The minimum absolute atomic E-state index is 0.0331. The summed E-state index contributed by atoms with van der Waals surface area (Å²) >= 11 is 8.20. The first-order valence-electron chi connectivity index (χ1n) is 6.03. The number of carbonyl (C=O) groups is 1. The van der Waals surface area contributed by atoms with Crippen molar-refractivity contribution < 1.29 is 9.90 Å². The Kier molecular flexibility index (Phi) is 4.88. The molecule has 5 heteroatoms. The number of nitrogens with one attached hydrogen (secondary N) is 1. The number of carbonyl (C=O) groups excluding carboxylic acids is 1. The summed E-state index contributed by atoms with van der Waals surface area (Å²) in [4.78, 5) is 12.2. The summed E-state index contributed by atoms with van der Waals surface area (Å²) < 4.78 is 0.885. The average Bonchev–Trinajstić information content (AvgIpc) is 2.41. The number of phenolic OH excluding ortho intramolecular Hbond substituents is 1. The predicted octanol–water partition coefficient (Wildman–Crippen LogP) is 4.14. The maximum Gasteiger partial charge on any atom is 0.255 e. The third-order valence-corrected chi connectivity index (χ3v) is 3.94. The number of amides is 1. The molecule has 0 saturated carbocycles. The largest absolute Gasteiger partial charge is 0.507 e. The van der Waals surface area contributed by atoms with Gasteiger partial charge in [0.2, 0.25) is 0 Å². The highest BCUT2D eigenvalue weighted by Crippen LogP contribution is 2.24. The van der Waals surface area contributed by atoms with Gasteiger partial charge in [0.15, 0.2) is 0 Å². The fourth-order valence-corrected chi connectivity index (χ4v) is 2.66. The Hall–Kier alpha value is -1.27. The maximum absolute atomic E-state index is 12.2. The molecule has 0 aliphatic rings. The predicted molar refractivity (Wildman–Crippen MR) is 88.2 cm³/mol. The molecule has 0 saturated heterocycles. The lowest BCUT2D eigenvalue weighted by molar-refractivity contribution is 0.0937. The first-order chi connectivity index (χ1) is 9.49. The monoisotopic (exact) mass is 401 g/mol. The summed E-state index contributed by atoms with van der Waals surface area (Å²) in [6.07, 6.45) is 0. The molecule has 0 bridgehead atoms. The SMILES string of the molecule is CC(NC(=O)c1cc(I)ccc1O)c1ccccc1Cl. The second-order valence-corrected chi connectivity index (χ2v) is 6.03. The molecular formula is C15H13ClINO2. The number of hydrogen-bond acceptors (Lipinski definition) is 2. The minimum Gasteiger partial charge on any atom is -0.507 e. The zero-order valence-electron chi connectivity index (χ0n) is 10.7. The van der Waals surface area contributed by atoms with Gasteiger partial charge < -0.3 is 10.4 Å². The Labute approximate surface area is 136 Å². The van der Waals surface area contributed by atoms with Gasteiger partial charge in [0.05, 0.1) is 11.6 Å². The molecule has 3 nitrogen and oxygen atoms in total. The summed E-state index contributed by atoms with van der Waals surface area (Å²) in [6.45, 7) is 1.85. The van der Waals surface area contributed by atoms with Crippen molar-refractivity contribution in [1.29, 1.82) is 0 Å². The molecule has 2 N–H and O–H groups in total. The smallest absolute Gasteiger partial charge is 0.255 e. The first kappa shape index (κ1) is 15.1. The Morgan fingerprint density at radius 3 is 2.70 bits per heavy atom. The second kappa shape index (κ2) is 6.45. The molecule has 0 aromatic heterocycles. The first-order valence-corrected chi connectivity index (χ1v) is 7.48. The van der Waals surface area contributed by atoms with Gasteiger partial charge in [-0.3, -0.25) is 4.79 Å². The summed E-state index contributed by atoms with van der Waals surface area (Å²) in [5.41, 5.74) is 1.10. The number of phenols is 1. The van der Waals surface area contributed by atoms with Crippen molar-refractivity contribution in [3.05, 3.63) is 62.2 Å².